The molecule has 0 aromatic rings. The molecular formula is C14H27ClN2O. The highest BCUT2D eigenvalue weighted by Crippen LogP contribution is 2.68. The molecule has 0 unspecified atom stereocenters. The van der Waals surface area contributed by atoms with Crippen LogP contribution in [0.3, 0.4) is 0 Å². The fourth-order valence-corrected chi connectivity index (χ4v) is 3.39. The van der Waals surface area contributed by atoms with E-state index >= 15 is 0 Å². The summed E-state index contributed by atoms with van der Waals surface area (Å²) >= 11 is 0. The zero-order chi connectivity index (χ0) is 12.8. The Kier molecular flexibility index (Phi) is 4.39. The van der Waals surface area contributed by atoms with Gasteiger partial charge in [-0.3, -0.25) is 4.79 Å². The first-order chi connectivity index (χ1) is 7.80. The van der Waals surface area contributed by atoms with E-state index in [0.717, 1.165) is 25.9 Å². The van der Waals surface area contributed by atoms with Crippen molar-refractivity contribution in [3.05, 3.63) is 0 Å². The molecule has 0 atom stereocenters. The maximum atomic E-state index is 12.5. The molecule has 2 fully saturated rings. The average Bonchev–Trinajstić information content (AvgIpc) is 2.69. The summed E-state index contributed by atoms with van der Waals surface area (Å²) in [6.45, 7) is 10.9. The van der Waals surface area contributed by atoms with Gasteiger partial charge in [0.05, 0.1) is 0 Å². The maximum Gasteiger partial charge on any atom is 0.226 e. The number of hydrogen-bond donors (Lipinski definition) is 1. The summed E-state index contributed by atoms with van der Waals surface area (Å²) < 4.78 is 0. The van der Waals surface area contributed by atoms with E-state index in [2.05, 4.69) is 33.0 Å². The Hall–Kier alpha value is -0.280. The van der Waals surface area contributed by atoms with Crippen molar-refractivity contribution in [2.45, 2.75) is 46.6 Å². The molecule has 1 amide bonds. The lowest BCUT2D eigenvalue weighted by atomic mass is 10.0. The van der Waals surface area contributed by atoms with Crippen molar-refractivity contribution in [2.24, 2.45) is 16.7 Å². The Balaban J connectivity index is 0.00000162. The van der Waals surface area contributed by atoms with Crippen LogP contribution in [0.25, 0.3) is 0 Å². The highest BCUT2D eigenvalue weighted by atomic mass is 35.5. The summed E-state index contributed by atoms with van der Waals surface area (Å²) in [6, 6.07) is 0.441. The Morgan fingerprint density at radius 3 is 1.94 bits per heavy atom. The summed E-state index contributed by atoms with van der Waals surface area (Å²) in [5.74, 6) is 0.557. The minimum absolute atomic E-state index is 0. The molecule has 1 saturated heterocycles. The highest BCUT2D eigenvalue weighted by molar-refractivity contribution is 5.85. The molecule has 1 aliphatic carbocycles. The number of piperidine rings is 1. The average molecular weight is 275 g/mol. The summed E-state index contributed by atoms with van der Waals surface area (Å²) in [4.78, 5) is 14.6. The van der Waals surface area contributed by atoms with Crippen LogP contribution in [0.5, 0.6) is 0 Å². The van der Waals surface area contributed by atoms with E-state index in [1.807, 2.05) is 11.9 Å². The van der Waals surface area contributed by atoms with Crippen LogP contribution in [0.4, 0.5) is 0 Å². The Morgan fingerprint density at radius 1 is 1.11 bits per heavy atom. The lowest BCUT2D eigenvalue weighted by Crippen LogP contribution is -2.45. The van der Waals surface area contributed by atoms with Gasteiger partial charge in [0.1, 0.15) is 0 Å². The minimum atomic E-state index is 0. The number of carbonyl (C=O) groups is 1. The third-order valence-electron chi connectivity index (χ3n) is 5.47. The molecule has 106 valence electrons. The van der Waals surface area contributed by atoms with Crippen molar-refractivity contribution in [1.29, 1.82) is 0 Å². The van der Waals surface area contributed by atoms with E-state index in [4.69, 9.17) is 0 Å². The molecule has 1 aliphatic heterocycles. The van der Waals surface area contributed by atoms with E-state index in [1.54, 1.807) is 0 Å². The number of amides is 1. The van der Waals surface area contributed by atoms with Gasteiger partial charge in [-0.1, -0.05) is 27.7 Å². The van der Waals surface area contributed by atoms with Crippen molar-refractivity contribution >= 4 is 18.3 Å². The summed E-state index contributed by atoms with van der Waals surface area (Å²) in [7, 11) is 1.99. The minimum Gasteiger partial charge on any atom is -0.342 e. The first kappa shape index (κ1) is 15.8. The van der Waals surface area contributed by atoms with Crippen molar-refractivity contribution < 1.29 is 4.79 Å². The lowest BCUT2D eigenvalue weighted by molar-refractivity contribution is -0.135. The first-order valence-corrected chi connectivity index (χ1v) is 6.77. The molecule has 3 nitrogen and oxygen atoms in total. The van der Waals surface area contributed by atoms with Crippen LogP contribution >= 0.6 is 12.4 Å². The molecule has 18 heavy (non-hydrogen) atoms. The van der Waals surface area contributed by atoms with Gasteiger partial charge >= 0.3 is 0 Å². The fraction of sp³-hybridized carbons (Fsp3) is 0.929. The SMILES string of the molecule is CN(C(=O)C1C(C)(C)C1(C)C)C1CCNCC1.Cl. The number of nitrogens with one attached hydrogen (secondary N) is 1. The molecule has 1 N–H and O–H groups in total. The number of nitrogens with zero attached hydrogens (tertiary/aromatic N) is 1. The van der Waals surface area contributed by atoms with Crippen LogP contribution in [0, 0.1) is 16.7 Å². The smallest absolute Gasteiger partial charge is 0.226 e. The van der Waals surface area contributed by atoms with Crippen LogP contribution in [0.1, 0.15) is 40.5 Å². The van der Waals surface area contributed by atoms with Crippen molar-refractivity contribution in [3.8, 4) is 0 Å². The van der Waals surface area contributed by atoms with Crippen molar-refractivity contribution in [1.82, 2.24) is 10.2 Å². The fourth-order valence-electron chi connectivity index (χ4n) is 3.39. The first-order valence-electron chi connectivity index (χ1n) is 6.77. The molecule has 1 saturated carbocycles. The van der Waals surface area contributed by atoms with E-state index in [0.29, 0.717) is 11.9 Å². The quantitative estimate of drug-likeness (QED) is 0.838. The van der Waals surface area contributed by atoms with Gasteiger partial charge in [-0.2, -0.15) is 0 Å². The monoisotopic (exact) mass is 274 g/mol. The van der Waals surface area contributed by atoms with Crippen LogP contribution in [-0.2, 0) is 4.79 Å². The zero-order valence-electron chi connectivity index (χ0n) is 12.2. The maximum absolute atomic E-state index is 12.5. The van der Waals surface area contributed by atoms with Gasteiger partial charge in [0.2, 0.25) is 5.91 Å². The summed E-state index contributed by atoms with van der Waals surface area (Å²) in [6.07, 6.45) is 2.19. The molecular weight excluding hydrogens is 248 g/mol. The Morgan fingerprint density at radius 2 is 1.56 bits per heavy atom. The van der Waals surface area contributed by atoms with Gasteiger partial charge in [-0.05, 0) is 36.8 Å². The molecule has 0 radical (unpaired) electrons. The predicted octanol–water partition coefficient (Wildman–Crippen LogP) is 2.30. The standard InChI is InChI=1S/C14H26N2O.ClH/c1-13(2)11(14(13,3)4)12(17)16(5)10-6-8-15-9-7-10;/h10-11,15H,6-9H2,1-5H3;1H. The van der Waals surface area contributed by atoms with Crippen LogP contribution in [-0.4, -0.2) is 37.0 Å². The van der Waals surface area contributed by atoms with Crippen molar-refractivity contribution in [2.75, 3.05) is 20.1 Å². The van der Waals surface area contributed by atoms with Gasteiger partial charge in [-0.25, -0.2) is 0 Å². The largest absolute Gasteiger partial charge is 0.342 e. The highest BCUT2D eigenvalue weighted by Gasteiger charge is 2.68. The number of halogens is 1. The molecule has 1 heterocycles. The molecule has 0 aromatic heterocycles. The van der Waals surface area contributed by atoms with Crippen LogP contribution in [0.2, 0.25) is 0 Å². The summed E-state index contributed by atoms with van der Waals surface area (Å²) in [5.41, 5.74) is 0.316. The van der Waals surface area contributed by atoms with Crippen LogP contribution in [0.15, 0.2) is 0 Å². The molecule has 2 aliphatic rings. The molecule has 0 bridgehead atoms. The zero-order valence-corrected chi connectivity index (χ0v) is 13.1. The van der Waals surface area contributed by atoms with Gasteiger partial charge in [0.25, 0.3) is 0 Å². The number of hydrogen-bond acceptors (Lipinski definition) is 2. The van der Waals surface area contributed by atoms with Gasteiger partial charge in [0, 0.05) is 19.0 Å². The lowest BCUT2D eigenvalue weighted by Gasteiger charge is -2.32. The second kappa shape index (κ2) is 5.01. The van der Waals surface area contributed by atoms with Gasteiger partial charge in [-0.15, -0.1) is 12.4 Å². The topological polar surface area (TPSA) is 32.3 Å². The van der Waals surface area contributed by atoms with Gasteiger partial charge in [0.15, 0.2) is 0 Å². The molecule has 0 spiro atoms. The van der Waals surface area contributed by atoms with E-state index < -0.39 is 0 Å². The summed E-state index contributed by atoms with van der Waals surface area (Å²) in [5, 5.41) is 3.35. The number of carbonyl (C=O) groups excluding carboxylic acids is 1. The molecule has 0 aromatic carbocycles. The molecule has 2 rings (SSSR count). The third kappa shape index (κ3) is 2.27. The third-order valence-corrected chi connectivity index (χ3v) is 5.47. The van der Waals surface area contributed by atoms with Gasteiger partial charge < -0.3 is 10.2 Å². The second-order valence-electron chi connectivity index (χ2n) is 6.81. The Bertz CT molecular complexity index is 308. The normalized spacial score (nSPS) is 26.3. The predicted molar refractivity (Wildman–Crippen MR) is 77.0 cm³/mol. The molecule has 4 heteroatoms. The van der Waals surface area contributed by atoms with Crippen LogP contribution < -0.4 is 5.32 Å². The second-order valence-corrected chi connectivity index (χ2v) is 6.81. The Labute approximate surface area is 117 Å². The van der Waals surface area contributed by atoms with E-state index in [-0.39, 0.29) is 29.2 Å². The van der Waals surface area contributed by atoms with E-state index in [9.17, 15) is 4.79 Å². The number of rotatable bonds is 2. The van der Waals surface area contributed by atoms with Crippen molar-refractivity contribution in [3.63, 3.8) is 0 Å². The van der Waals surface area contributed by atoms with E-state index in [1.165, 1.54) is 0 Å².